The van der Waals surface area contributed by atoms with E-state index in [9.17, 15) is 14.4 Å². The van der Waals surface area contributed by atoms with Gasteiger partial charge in [-0.05, 0) is 42.8 Å². The Kier molecular flexibility index (Phi) is 10.3. The minimum Gasteiger partial charge on any atom is -0.481 e. The Morgan fingerprint density at radius 2 is 1.87 bits per heavy atom. The van der Waals surface area contributed by atoms with E-state index in [1.54, 1.807) is 0 Å². The smallest absolute Gasteiger partial charge is 0.412 e. The second-order valence-corrected chi connectivity index (χ2v) is 21.4. The molecule has 39 heavy (non-hydrogen) atoms. The Morgan fingerprint density at radius 3 is 2.38 bits per heavy atom. The van der Waals surface area contributed by atoms with Crippen molar-refractivity contribution in [2.45, 2.75) is 102 Å². The number of carbonyl (C=O) groups is 2. The summed E-state index contributed by atoms with van der Waals surface area (Å²) in [5.74, 6) is -5.01. The normalized spacial score (nSPS) is 21.7. The van der Waals surface area contributed by atoms with Crippen molar-refractivity contribution in [2.24, 2.45) is 0 Å². The molecule has 1 saturated heterocycles. The second kappa shape index (κ2) is 12.1. The number of anilines is 1. The first-order chi connectivity index (χ1) is 17.7. The van der Waals surface area contributed by atoms with Gasteiger partial charge in [-0.3, -0.25) is 14.7 Å². The molecule has 1 aliphatic rings. The van der Waals surface area contributed by atoms with Gasteiger partial charge in [-0.25, -0.2) is 9.59 Å². The van der Waals surface area contributed by atoms with Crippen LogP contribution < -0.4 is 11.0 Å². The minimum absolute atomic E-state index is 0.0410. The zero-order chi connectivity index (χ0) is 30.0. The molecule has 2 rings (SSSR count). The number of rotatable bonds is 11. The molecule has 1 aromatic heterocycles. The standard InChI is InChI=1S/C24H41F2N3O8Si2/c1-15(2)38(6,7)37-19-16(14-35-39(8,9)23(3,4)5)36-20(24(19,25)26)29-12-10-17(27-21(29)32)28-22(33)34-13-11-18(30)31/h10,12,15-16,19-20H,11,13-14H2,1-9H3,(H,30,31)(H,27,28,32,33)/t16-,19-,20-/m1/s1. The molecule has 0 spiro atoms. The van der Waals surface area contributed by atoms with E-state index in [0.29, 0.717) is 4.57 Å². The number of hydrogen-bond donors (Lipinski definition) is 2. The summed E-state index contributed by atoms with van der Waals surface area (Å²) in [5, 5.41) is 10.6. The monoisotopic (exact) mass is 593 g/mol. The first-order valence-corrected chi connectivity index (χ1v) is 18.7. The molecule has 222 valence electrons. The molecule has 2 heterocycles. The fraction of sp³-hybridized carbons (Fsp3) is 0.750. The van der Waals surface area contributed by atoms with Crippen LogP contribution in [0.5, 0.6) is 0 Å². The van der Waals surface area contributed by atoms with Gasteiger partial charge in [0.05, 0.1) is 13.0 Å². The van der Waals surface area contributed by atoms with E-state index in [4.69, 9.17) is 18.7 Å². The molecule has 0 unspecified atom stereocenters. The van der Waals surface area contributed by atoms with Gasteiger partial charge in [0.1, 0.15) is 24.6 Å². The number of carbonyl (C=O) groups excluding carboxylic acids is 1. The van der Waals surface area contributed by atoms with Crippen molar-refractivity contribution in [3.8, 4) is 0 Å². The van der Waals surface area contributed by atoms with E-state index < -0.39 is 71.8 Å². The van der Waals surface area contributed by atoms with Crippen LogP contribution in [-0.4, -0.2) is 74.7 Å². The lowest BCUT2D eigenvalue weighted by atomic mass is 10.1. The lowest BCUT2D eigenvalue weighted by Crippen LogP contribution is -2.51. The average Bonchev–Trinajstić information content (AvgIpc) is 3.00. The van der Waals surface area contributed by atoms with E-state index in [0.717, 1.165) is 12.3 Å². The van der Waals surface area contributed by atoms with Gasteiger partial charge in [-0.15, -0.1) is 0 Å². The van der Waals surface area contributed by atoms with E-state index in [1.165, 1.54) is 0 Å². The van der Waals surface area contributed by atoms with Crippen LogP contribution in [0.3, 0.4) is 0 Å². The first-order valence-electron chi connectivity index (χ1n) is 12.8. The average molecular weight is 594 g/mol. The van der Waals surface area contributed by atoms with Crippen LogP contribution >= 0.6 is 0 Å². The first kappa shape index (κ1) is 33.0. The summed E-state index contributed by atoms with van der Waals surface area (Å²) in [6, 6.07) is 1.14. The van der Waals surface area contributed by atoms with Crippen molar-refractivity contribution < 1.29 is 41.8 Å². The quantitative estimate of drug-likeness (QED) is 0.346. The molecular weight excluding hydrogens is 552 g/mol. The molecule has 11 nitrogen and oxygen atoms in total. The SMILES string of the molecule is CC(C)[Si](C)(C)O[C@@H]1[C@@H](CO[Si](C)(C)C(C)(C)C)O[C@@H](n2ccc(NC(=O)OCCC(=O)O)nc2=O)C1(F)F. The fourth-order valence-electron chi connectivity index (χ4n) is 3.25. The van der Waals surface area contributed by atoms with Crippen molar-refractivity contribution in [1.29, 1.82) is 0 Å². The third-order valence-corrected chi connectivity index (χ3v) is 15.6. The number of nitrogens with zero attached hydrogens (tertiary/aromatic N) is 2. The van der Waals surface area contributed by atoms with E-state index in [1.807, 2.05) is 60.8 Å². The van der Waals surface area contributed by atoms with Gasteiger partial charge in [-0.1, -0.05) is 34.6 Å². The predicted octanol–water partition coefficient (Wildman–Crippen LogP) is 4.82. The minimum atomic E-state index is -3.60. The highest BCUT2D eigenvalue weighted by Gasteiger charge is 2.62. The van der Waals surface area contributed by atoms with Crippen LogP contribution in [0.25, 0.3) is 0 Å². The lowest BCUT2D eigenvalue weighted by Gasteiger charge is -2.38. The van der Waals surface area contributed by atoms with Gasteiger partial charge in [-0.2, -0.15) is 13.8 Å². The molecule has 0 aromatic carbocycles. The van der Waals surface area contributed by atoms with Crippen molar-refractivity contribution in [2.75, 3.05) is 18.5 Å². The number of nitrogens with one attached hydrogen (secondary N) is 1. The Labute approximate surface area is 229 Å². The zero-order valence-electron chi connectivity index (χ0n) is 24.0. The Balaban J connectivity index is 2.32. The third kappa shape index (κ3) is 8.16. The molecule has 2 N–H and O–H groups in total. The molecule has 3 atom stereocenters. The summed E-state index contributed by atoms with van der Waals surface area (Å²) in [4.78, 5) is 38.8. The third-order valence-electron chi connectivity index (χ3n) is 7.45. The van der Waals surface area contributed by atoms with Gasteiger partial charge < -0.3 is 23.4 Å². The maximum atomic E-state index is 16.0. The predicted molar refractivity (Wildman–Crippen MR) is 145 cm³/mol. The zero-order valence-corrected chi connectivity index (χ0v) is 26.0. The number of halogens is 2. The molecule has 1 aromatic rings. The van der Waals surface area contributed by atoms with Crippen LogP contribution in [0.4, 0.5) is 19.4 Å². The molecular formula is C24H41F2N3O8Si2. The van der Waals surface area contributed by atoms with Crippen molar-refractivity contribution >= 4 is 34.5 Å². The van der Waals surface area contributed by atoms with Gasteiger partial charge in [0.15, 0.2) is 16.6 Å². The Hall–Kier alpha value is -2.21. The van der Waals surface area contributed by atoms with Crippen molar-refractivity contribution in [1.82, 2.24) is 9.55 Å². The van der Waals surface area contributed by atoms with E-state index in [-0.39, 0.29) is 23.0 Å². The molecule has 0 radical (unpaired) electrons. The van der Waals surface area contributed by atoms with Gasteiger partial charge in [0.25, 0.3) is 0 Å². The number of carboxylic acids is 1. The largest absolute Gasteiger partial charge is 0.481 e. The number of ether oxygens (including phenoxy) is 2. The van der Waals surface area contributed by atoms with Gasteiger partial charge in [0, 0.05) is 6.20 Å². The number of aliphatic carboxylic acids is 1. The molecule has 1 amide bonds. The van der Waals surface area contributed by atoms with Crippen LogP contribution in [0.1, 0.15) is 47.3 Å². The lowest BCUT2D eigenvalue weighted by molar-refractivity contribution is -0.138. The van der Waals surface area contributed by atoms with Gasteiger partial charge >= 0.3 is 23.7 Å². The van der Waals surface area contributed by atoms with Crippen LogP contribution in [0.2, 0.25) is 36.8 Å². The number of amides is 1. The van der Waals surface area contributed by atoms with Crippen molar-refractivity contribution in [3.63, 3.8) is 0 Å². The fourth-order valence-corrected chi connectivity index (χ4v) is 5.50. The van der Waals surface area contributed by atoms with Crippen LogP contribution in [0.15, 0.2) is 17.1 Å². The highest BCUT2D eigenvalue weighted by molar-refractivity contribution is 6.74. The van der Waals surface area contributed by atoms with E-state index >= 15 is 8.78 Å². The number of hydrogen-bond acceptors (Lipinski definition) is 8. The summed E-state index contributed by atoms with van der Waals surface area (Å²) in [7, 11) is -4.90. The Bertz CT molecular complexity index is 1090. The van der Waals surface area contributed by atoms with Crippen LogP contribution in [0, 0.1) is 0 Å². The second-order valence-electron chi connectivity index (χ2n) is 12.0. The maximum absolute atomic E-state index is 16.0. The summed E-state index contributed by atoms with van der Waals surface area (Å²) in [6.07, 6.45) is -5.20. The molecule has 1 fully saturated rings. The number of alkyl halides is 2. The molecule has 15 heteroatoms. The summed E-state index contributed by atoms with van der Waals surface area (Å²) in [5.41, 5.74) is -1.05. The maximum Gasteiger partial charge on any atom is 0.412 e. The highest BCUT2D eigenvalue weighted by atomic mass is 28.4. The topological polar surface area (TPSA) is 138 Å². The molecule has 0 saturated carbocycles. The Morgan fingerprint density at radius 1 is 1.26 bits per heavy atom. The van der Waals surface area contributed by atoms with Crippen LogP contribution in [-0.2, 0) is 23.1 Å². The highest BCUT2D eigenvalue weighted by Crippen LogP contribution is 2.46. The summed E-state index contributed by atoms with van der Waals surface area (Å²) in [6.45, 7) is 17.2. The number of aromatic nitrogens is 2. The molecule has 1 aliphatic heterocycles. The van der Waals surface area contributed by atoms with E-state index in [2.05, 4.69) is 15.0 Å². The molecule has 0 aliphatic carbocycles. The van der Waals surface area contributed by atoms with Gasteiger partial charge in [0.2, 0.25) is 6.23 Å². The van der Waals surface area contributed by atoms with Crippen molar-refractivity contribution in [3.05, 3.63) is 22.7 Å². The summed E-state index contributed by atoms with van der Waals surface area (Å²) >= 11 is 0. The molecule has 0 bridgehead atoms. The number of carboxylic acid groups (broad SMARTS) is 1. The summed E-state index contributed by atoms with van der Waals surface area (Å²) < 4.78 is 55.4.